The van der Waals surface area contributed by atoms with Gasteiger partial charge in [-0.15, -0.1) is 0 Å². The smallest absolute Gasteiger partial charge is 0.270 e. The highest BCUT2D eigenvalue weighted by atomic mass is 31.2. The Kier molecular flexibility index (Phi) is 5.15. The van der Waals surface area contributed by atoms with Gasteiger partial charge in [0.1, 0.15) is 6.16 Å². The molecule has 0 spiro atoms. The molecule has 0 saturated carbocycles. The molecule has 1 atom stereocenters. The van der Waals surface area contributed by atoms with E-state index in [9.17, 15) is 19.4 Å². The van der Waals surface area contributed by atoms with E-state index in [0.29, 0.717) is 5.06 Å². The lowest BCUT2D eigenvalue weighted by Gasteiger charge is -2.16. The fraction of sp³-hybridized carbons (Fsp3) is 0.200. The maximum Gasteiger partial charge on any atom is 0.270 e. The number of fused-ring (bicyclic) bond motifs is 1. The molecule has 2 amide bonds. The first-order chi connectivity index (χ1) is 10.8. The molecule has 0 aliphatic carbocycles. The van der Waals surface area contributed by atoms with Crippen molar-refractivity contribution in [1.82, 2.24) is 5.32 Å². The van der Waals surface area contributed by atoms with Crippen molar-refractivity contribution >= 4 is 35.6 Å². The number of amides is 2. The largest absolute Gasteiger partial charge is 0.346 e. The highest BCUT2D eigenvalue weighted by Crippen LogP contribution is 2.34. The second kappa shape index (κ2) is 6.91. The maximum atomic E-state index is 11.9. The van der Waals surface area contributed by atoms with Crippen molar-refractivity contribution in [3.8, 4) is 0 Å². The molecule has 0 aliphatic heterocycles. The van der Waals surface area contributed by atoms with Crippen LogP contribution in [-0.4, -0.2) is 41.3 Å². The number of hydrogen-bond donors (Lipinski definition) is 3. The second-order valence-corrected chi connectivity index (χ2v) is 7.64. The fourth-order valence-electron chi connectivity index (χ4n) is 2.02. The average molecular weight is 336 g/mol. The Hall–Kier alpha value is -2.21. The Bertz CT molecular complexity index is 786. The van der Waals surface area contributed by atoms with Gasteiger partial charge in [0.05, 0.1) is 12.2 Å². The van der Waals surface area contributed by atoms with Crippen molar-refractivity contribution in [2.45, 2.75) is 0 Å². The quantitative estimate of drug-likeness (QED) is 0.436. The maximum absolute atomic E-state index is 11.9. The third kappa shape index (κ3) is 4.89. The lowest BCUT2D eigenvalue weighted by molar-refractivity contribution is -0.126. The van der Waals surface area contributed by atoms with Crippen LogP contribution in [0.4, 0.5) is 5.69 Å². The van der Waals surface area contributed by atoms with Gasteiger partial charge >= 0.3 is 0 Å². The van der Waals surface area contributed by atoms with E-state index in [1.165, 1.54) is 0 Å². The number of rotatable bonds is 5. The number of carbonyl (C=O) groups is 2. The standard InChI is InChI=1S/C15H17N2O5P/c1-23(21,22)10-14(18)16-9-15(19)17(20)13-7-6-11-4-2-3-5-12(11)8-13/h2-8,20H,9-10H2,1H3,(H,16,18)(H,21,22). The van der Waals surface area contributed by atoms with Crippen molar-refractivity contribution in [2.24, 2.45) is 0 Å². The van der Waals surface area contributed by atoms with E-state index >= 15 is 0 Å². The van der Waals surface area contributed by atoms with E-state index in [2.05, 4.69) is 5.32 Å². The predicted octanol–water partition coefficient (Wildman–Crippen LogP) is 1.58. The van der Waals surface area contributed by atoms with Crippen LogP contribution >= 0.6 is 7.37 Å². The summed E-state index contributed by atoms with van der Waals surface area (Å²) in [4.78, 5) is 32.4. The molecule has 122 valence electrons. The lowest BCUT2D eigenvalue weighted by atomic mass is 10.1. The predicted molar refractivity (Wildman–Crippen MR) is 86.8 cm³/mol. The summed E-state index contributed by atoms with van der Waals surface area (Å²) in [5.74, 6) is -1.48. The molecule has 2 aromatic rings. The van der Waals surface area contributed by atoms with Gasteiger partial charge < -0.3 is 10.2 Å². The number of anilines is 1. The first-order valence-electron chi connectivity index (χ1n) is 6.83. The molecular formula is C15H17N2O5P. The molecule has 0 bridgehead atoms. The number of carbonyl (C=O) groups excluding carboxylic acids is 2. The minimum Gasteiger partial charge on any atom is -0.346 e. The van der Waals surface area contributed by atoms with Gasteiger partial charge in [-0.05, 0) is 22.9 Å². The van der Waals surface area contributed by atoms with Crippen LogP contribution in [-0.2, 0) is 14.2 Å². The molecule has 2 aromatic carbocycles. The Morgan fingerprint density at radius 2 is 1.83 bits per heavy atom. The van der Waals surface area contributed by atoms with Crippen molar-refractivity contribution < 1.29 is 24.3 Å². The van der Waals surface area contributed by atoms with Gasteiger partial charge in [-0.25, -0.2) is 0 Å². The number of hydrogen-bond acceptors (Lipinski definition) is 4. The van der Waals surface area contributed by atoms with Crippen LogP contribution in [0.15, 0.2) is 42.5 Å². The lowest BCUT2D eigenvalue weighted by Crippen LogP contribution is -2.39. The molecule has 7 nitrogen and oxygen atoms in total. The van der Waals surface area contributed by atoms with Gasteiger partial charge in [0.2, 0.25) is 13.3 Å². The summed E-state index contributed by atoms with van der Waals surface area (Å²) in [5.41, 5.74) is 0.270. The summed E-state index contributed by atoms with van der Waals surface area (Å²) >= 11 is 0. The number of hydroxylamine groups is 1. The minimum atomic E-state index is -3.49. The zero-order valence-corrected chi connectivity index (χ0v) is 13.4. The molecule has 0 saturated heterocycles. The topological polar surface area (TPSA) is 107 Å². The Morgan fingerprint density at radius 3 is 2.48 bits per heavy atom. The summed E-state index contributed by atoms with van der Waals surface area (Å²) < 4.78 is 11.1. The second-order valence-electron chi connectivity index (χ2n) is 5.22. The summed E-state index contributed by atoms with van der Waals surface area (Å²) in [7, 11) is -3.49. The van der Waals surface area contributed by atoms with Gasteiger partial charge in [-0.2, -0.15) is 5.06 Å². The molecule has 0 heterocycles. The fourth-order valence-corrected chi connectivity index (χ4v) is 2.67. The monoisotopic (exact) mass is 336 g/mol. The van der Waals surface area contributed by atoms with E-state index in [4.69, 9.17) is 4.89 Å². The van der Waals surface area contributed by atoms with Crippen LogP contribution in [0.25, 0.3) is 10.8 Å². The number of nitrogens with one attached hydrogen (secondary N) is 1. The average Bonchev–Trinajstić information content (AvgIpc) is 2.49. The van der Waals surface area contributed by atoms with E-state index in [0.717, 1.165) is 17.4 Å². The molecule has 8 heteroatoms. The Morgan fingerprint density at radius 1 is 1.17 bits per heavy atom. The molecule has 3 N–H and O–H groups in total. The van der Waals surface area contributed by atoms with E-state index in [1.807, 2.05) is 24.3 Å². The summed E-state index contributed by atoms with van der Waals surface area (Å²) in [6, 6.07) is 12.5. The van der Waals surface area contributed by atoms with Gasteiger partial charge in [-0.3, -0.25) is 19.4 Å². The van der Waals surface area contributed by atoms with Gasteiger partial charge in [-0.1, -0.05) is 30.3 Å². The molecule has 23 heavy (non-hydrogen) atoms. The molecule has 2 rings (SSSR count). The van der Waals surface area contributed by atoms with Crippen molar-refractivity contribution in [1.29, 1.82) is 0 Å². The third-order valence-corrected chi connectivity index (χ3v) is 3.96. The van der Waals surface area contributed by atoms with Crippen LogP contribution in [0.3, 0.4) is 0 Å². The molecule has 0 aromatic heterocycles. The number of nitrogens with zero attached hydrogens (tertiary/aromatic N) is 1. The Labute approximate surface area is 132 Å². The first kappa shape index (κ1) is 17.1. The van der Waals surface area contributed by atoms with Gasteiger partial charge in [0.15, 0.2) is 0 Å². The molecular weight excluding hydrogens is 319 g/mol. The van der Waals surface area contributed by atoms with Crippen LogP contribution in [0.5, 0.6) is 0 Å². The van der Waals surface area contributed by atoms with Crippen LogP contribution in [0, 0.1) is 0 Å². The normalized spacial score (nSPS) is 13.3. The third-order valence-electron chi connectivity index (χ3n) is 3.09. The molecule has 1 unspecified atom stereocenters. The van der Waals surface area contributed by atoms with Crippen LogP contribution in [0.2, 0.25) is 0 Å². The van der Waals surface area contributed by atoms with Crippen molar-refractivity contribution in [3.05, 3.63) is 42.5 Å². The van der Waals surface area contributed by atoms with Crippen molar-refractivity contribution in [3.63, 3.8) is 0 Å². The minimum absolute atomic E-state index is 0.270. The molecule has 0 aliphatic rings. The van der Waals surface area contributed by atoms with Crippen LogP contribution < -0.4 is 10.4 Å². The van der Waals surface area contributed by atoms with E-state index < -0.39 is 31.9 Å². The zero-order valence-electron chi connectivity index (χ0n) is 12.5. The number of benzene rings is 2. The van der Waals surface area contributed by atoms with E-state index in [1.54, 1.807) is 18.2 Å². The van der Waals surface area contributed by atoms with Gasteiger partial charge in [0.25, 0.3) is 5.91 Å². The molecule has 0 radical (unpaired) electrons. The SMILES string of the molecule is CP(=O)(O)CC(=O)NCC(=O)N(O)c1ccc2ccccc2c1. The highest BCUT2D eigenvalue weighted by Gasteiger charge is 2.19. The first-order valence-corrected chi connectivity index (χ1v) is 9.12. The van der Waals surface area contributed by atoms with Crippen LogP contribution in [0.1, 0.15) is 0 Å². The summed E-state index contributed by atoms with van der Waals surface area (Å²) in [6.45, 7) is 0.587. The summed E-state index contributed by atoms with van der Waals surface area (Å²) in [6.07, 6.45) is -0.568. The van der Waals surface area contributed by atoms with Crippen molar-refractivity contribution in [2.75, 3.05) is 24.4 Å². The Balaban J connectivity index is 2.01. The highest BCUT2D eigenvalue weighted by molar-refractivity contribution is 7.58. The summed E-state index contributed by atoms with van der Waals surface area (Å²) in [5, 5.41) is 14.4. The zero-order chi connectivity index (χ0) is 17.0. The molecule has 0 fully saturated rings. The van der Waals surface area contributed by atoms with Gasteiger partial charge in [0, 0.05) is 6.66 Å². The van der Waals surface area contributed by atoms with E-state index in [-0.39, 0.29) is 5.69 Å².